The number of nitrogen functional groups attached to an aromatic ring is 1. The number of unbranched alkanes of at least 4 members (excludes halogenated alkanes) is 1. The normalized spacial score (nSPS) is 14.9. The molecule has 0 radical (unpaired) electrons. The fourth-order valence-corrected chi connectivity index (χ4v) is 6.82. The van der Waals surface area contributed by atoms with Crippen LogP contribution in [0.4, 0.5) is 10.6 Å². The number of aryl methyl sites for hydroxylation is 1. The molecule has 1 aliphatic rings. The highest BCUT2D eigenvalue weighted by Crippen LogP contribution is 2.30. The van der Waals surface area contributed by atoms with Crippen molar-refractivity contribution in [3.05, 3.63) is 66.0 Å². The summed E-state index contributed by atoms with van der Waals surface area (Å²) < 4.78 is 31.5. The van der Waals surface area contributed by atoms with Gasteiger partial charge in [-0.1, -0.05) is 36.4 Å². The van der Waals surface area contributed by atoms with E-state index >= 15 is 0 Å². The zero-order valence-electron chi connectivity index (χ0n) is 26.1. The standard InChI is InChI=1S/C32H40N6O6S/c1-5-36(44-30(39)22-13-7-6-8-14-22)19-26-35-27-28(24-15-9-10-16-25(24)34-29(27)33)38(26)18-12-11-17-37(23-20-45(41,42)21-23)31(40)43-32(2,3)4/h6-10,13-16,23H,5,11-12,17-21H2,1-4H3,(H2,33,34). The molecule has 0 saturated carbocycles. The average molecular weight is 637 g/mol. The largest absolute Gasteiger partial charge is 0.444 e. The number of para-hydroxylation sites is 1. The number of hydroxylamine groups is 2. The number of imidazole rings is 1. The Kier molecular flexibility index (Phi) is 9.31. The number of aromatic nitrogens is 3. The molecule has 2 aromatic heterocycles. The summed E-state index contributed by atoms with van der Waals surface area (Å²) >= 11 is 0. The molecule has 3 heterocycles. The number of nitrogens with two attached hydrogens (primary N) is 1. The van der Waals surface area contributed by atoms with Crippen molar-refractivity contribution in [3.63, 3.8) is 0 Å². The van der Waals surface area contributed by atoms with Gasteiger partial charge >= 0.3 is 12.1 Å². The Morgan fingerprint density at radius 1 is 1.02 bits per heavy atom. The monoisotopic (exact) mass is 636 g/mol. The van der Waals surface area contributed by atoms with E-state index < -0.39 is 33.5 Å². The number of hydrogen-bond acceptors (Lipinski definition) is 10. The number of anilines is 1. The van der Waals surface area contributed by atoms with Crippen LogP contribution in [0, 0.1) is 0 Å². The molecule has 240 valence electrons. The van der Waals surface area contributed by atoms with Crippen LogP contribution in [-0.4, -0.2) is 81.2 Å². The topological polar surface area (TPSA) is 150 Å². The zero-order valence-corrected chi connectivity index (χ0v) is 26.9. The highest BCUT2D eigenvalue weighted by atomic mass is 32.2. The number of sulfone groups is 1. The first-order valence-corrected chi connectivity index (χ1v) is 16.9. The minimum absolute atomic E-state index is 0.0601. The van der Waals surface area contributed by atoms with Crippen LogP contribution >= 0.6 is 0 Å². The molecule has 0 atom stereocenters. The Labute approximate surface area is 263 Å². The van der Waals surface area contributed by atoms with Gasteiger partial charge < -0.3 is 24.8 Å². The molecule has 4 aromatic rings. The number of benzene rings is 2. The number of nitrogens with zero attached hydrogens (tertiary/aromatic N) is 5. The van der Waals surface area contributed by atoms with Crippen LogP contribution < -0.4 is 5.73 Å². The smallest absolute Gasteiger partial charge is 0.410 e. The summed E-state index contributed by atoms with van der Waals surface area (Å²) in [5.41, 5.74) is 8.25. The molecule has 12 nitrogen and oxygen atoms in total. The van der Waals surface area contributed by atoms with Crippen molar-refractivity contribution in [2.24, 2.45) is 0 Å². The number of carbonyl (C=O) groups excluding carboxylic acids is 2. The lowest BCUT2D eigenvalue weighted by molar-refractivity contribution is -0.115. The van der Waals surface area contributed by atoms with Gasteiger partial charge in [-0.05, 0) is 58.7 Å². The number of amides is 1. The summed E-state index contributed by atoms with van der Waals surface area (Å²) in [6.45, 7) is 8.75. The minimum atomic E-state index is -3.13. The predicted octanol–water partition coefficient (Wildman–Crippen LogP) is 4.57. The number of hydrogen-bond donors (Lipinski definition) is 1. The molecule has 1 amide bonds. The second-order valence-corrected chi connectivity index (χ2v) is 14.4. The van der Waals surface area contributed by atoms with Crippen LogP contribution in [0.3, 0.4) is 0 Å². The summed E-state index contributed by atoms with van der Waals surface area (Å²) in [5.74, 6) is 0.360. The number of carbonyl (C=O) groups is 2. The molecule has 0 unspecified atom stereocenters. The van der Waals surface area contributed by atoms with Gasteiger partial charge in [0.15, 0.2) is 15.7 Å². The van der Waals surface area contributed by atoms with E-state index in [4.69, 9.17) is 20.3 Å². The van der Waals surface area contributed by atoms with Gasteiger partial charge in [-0.25, -0.2) is 28.0 Å². The summed E-state index contributed by atoms with van der Waals surface area (Å²) in [7, 11) is -3.13. The van der Waals surface area contributed by atoms with Crippen molar-refractivity contribution in [1.82, 2.24) is 24.5 Å². The SMILES string of the molecule is CCN(Cc1nc2c(N)nc3ccccc3c2n1CCCCN(C(=O)OC(C)(C)C)C1CS(=O)(=O)C1)OC(=O)c1ccccc1. The molecule has 2 N–H and O–H groups in total. The Balaban J connectivity index is 1.39. The van der Waals surface area contributed by atoms with E-state index in [-0.39, 0.29) is 18.1 Å². The molecule has 1 aliphatic heterocycles. The van der Waals surface area contributed by atoms with Crippen LogP contribution in [0.2, 0.25) is 0 Å². The lowest BCUT2D eigenvalue weighted by Crippen LogP contribution is -2.56. The first-order chi connectivity index (χ1) is 21.3. The summed E-state index contributed by atoms with van der Waals surface area (Å²) in [6.07, 6.45) is 0.720. The quantitative estimate of drug-likeness (QED) is 0.183. The predicted molar refractivity (Wildman–Crippen MR) is 172 cm³/mol. The van der Waals surface area contributed by atoms with Crippen molar-refractivity contribution >= 4 is 49.7 Å². The zero-order chi connectivity index (χ0) is 32.4. The number of ether oxygens (including phenoxy) is 1. The second kappa shape index (κ2) is 13.0. The maximum Gasteiger partial charge on any atom is 0.410 e. The van der Waals surface area contributed by atoms with Gasteiger partial charge in [0.25, 0.3) is 0 Å². The van der Waals surface area contributed by atoms with Crippen molar-refractivity contribution < 1.29 is 27.6 Å². The number of fused-ring (bicyclic) bond motifs is 3. The van der Waals surface area contributed by atoms with E-state index in [1.165, 1.54) is 0 Å². The highest BCUT2D eigenvalue weighted by molar-refractivity contribution is 7.92. The van der Waals surface area contributed by atoms with Gasteiger partial charge in [0.05, 0.1) is 40.7 Å². The van der Waals surface area contributed by atoms with Crippen molar-refractivity contribution in [2.45, 2.75) is 65.3 Å². The average Bonchev–Trinajstić information content (AvgIpc) is 3.33. The van der Waals surface area contributed by atoms with Gasteiger partial charge in [-0.3, -0.25) is 0 Å². The van der Waals surface area contributed by atoms with Gasteiger partial charge in [-0.2, -0.15) is 0 Å². The van der Waals surface area contributed by atoms with Crippen molar-refractivity contribution in [3.8, 4) is 0 Å². The first-order valence-electron chi connectivity index (χ1n) is 15.1. The molecule has 1 saturated heterocycles. The minimum Gasteiger partial charge on any atom is -0.444 e. The third-order valence-electron chi connectivity index (χ3n) is 7.57. The van der Waals surface area contributed by atoms with E-state index in [1.807, 2.05) is 37.3 Å². The highest BCUT2D eigenvalue weighted by Gasteiger charge is 2.41. The fourth-order valence-electron chi connectivity index (χ4n) is 5.39. The Bertz CT molecular complexity index is 1790. The van der Waals surface area contributed by atoms with E-state index in [1.54, 1.807) is 55.0 Å². The van der Waals surface area contributed by atoms with Crippen molar-refractivity contribution in [1.29, 1.82) is 0 Å². The third-order valence-corrected chi connectivity index (χ3v) is 9.36. The van der Waals surface area contributed by atoms with Crippen molar-refractivity contribution in [2.75, 3.05) is 30.3 Å². The molecular weight excluding hydrogens is 596 g/mol. The van der Waals surface area contributed by atoms with Crippen LogP contribution in [0.1, 0.15) is 56.7 Å². The molecule has 5 rings (SSSR count). The number of rotatable bonds is 11. The van der Waals surface area contributed by atoms with E-state index in [0.29, 0.717) is 55.2 Å². The third kappa shape index (κ3) is 7.54. The van der Waals surface area contributed by atoms with Gasteiger partial charge in [-0.15, -0.1) is 5.06 Å². The molecule has 0 spiro atoms. The molecule has 0 bridgehead atoms. The number of pyridine rings is 1. The van der Waals surface area contributed by atoms with Crippen LogP contribution in [-0.2, 0) is 32.5 Å². The Morgan fingerprint density at radius 2 is 1.71 bits per heavy atom. The van der Waals surface area contributed by atoms with E-state index in [0.717, 1.165) is 16.4 Å². The maximum atomic E-state index is 13.0. The van der Waals surface area contributed by atoms with Crippen LogP contribution in [0.5, 0.6) is 0 Å². The van der Waals surface area contributed by atoms with Crippen LogP contribution in [0.25, 0.3) is 21.9 Å². The van der Waals surface area contributed by atoms with Gasteiger partial charge in [0.2, 0.25) is 0 Å². The van der Waals surface area contributed by atoms with E-state index in [2.05, 4.69) is 9.55 Å². The molecule has 2 aromatic carbocycles. The summed E-state index contributed by atoms with van der Waals surface area (Å²) in [4.78, 5) is 42.5. The summed E-state index contributed by atoms with van der Waals surface area (Å²) in [5, 5.41) is 2.44. The van der Waals surface area contributed by atoms with E-state index in [9.17, 15) is 18.0 Å². The van der Waals surface area contributed by atoms with Crippen LogP contribution in [0.15, 0.2) is 54.6 Å². The second-order valence-electron chi connectivity index (χ2n) is 12.2. The first kappa shape index (κ1) is 32.2. The Hall–Kier alpha value is -4.23. The van der Waals surface area contributed by atoms with Gasteiger partial charge in [0.1, 0.15) is 16.9 Å². The summed E-state index contributed by atoms with van der Waals surface area (Å²) in [6, 6.07) is 16.1. The Morgan fingerprint density at radius 3 is 2.38 bits per heavy atom. The van der Waals surface area contributed by atoms with Gasteiger partial charge in [0, 0.05) is 25.0 Å². The molecule has 1 fully saturated rings. The maximum absolute atomic E-state index is 13.0. The molecule has 13 heteroatoms. The molecular formula is C32H40N6O6S. The molecule has 45 heavy (non-hydrogen) atoms. The fraction of sp³-hybridized carbons (Fsp3) is 0.438. The molecule has 0 aliphatic carbocycles. The lowest BCUT2D eigenvalue weighted by Gasteiger charge is -2.37. The lowest BCUT2D eigenvalue weighted by atomic mass is 10.2.